The summed E-state index contributed by atoms with van der Waals surface area (Å²) in [7, 11) is 0. The third-order valence-electron chi connectivity index (χ3n) is 5.08. The number of rotatable bonds is 6. The number of aromatic nitrogens is 3. The number of nitrogens with zero attached hydrogens (tertiary/aromatic N) is 3. The van der Waals surface area contributed by atoms with Gasteiger partial charge in [-0.25, -0.2) is 9.97 Å². The summed E-state index contributed by atoms with van der Waals surface area (Å²) in [6, 6.07) is 9.78. The standard InChI is InChI=1S/C23H22N4O2S2/c1-13-7-8-17(10-14(13)2)20-12-31-23(25-20)26-21(28)18-6-5-9-24-22(18)30-11-19-15(3)27-29-16(19)4/h5-10,12H,11H2,1-4H3,(H,25,26,28). The van der Waals surface area contributed by atoms with Gasteiger partial charge in [0.2, 0.25) is 0 Å². The highest BCUT2D eigenvalue weighted by Gasteiger charge is 2.17. The molecule has 1 aromatic carbocycles. The number of hydrogen-bond donors (Lipinski definition) is 1. The molecule has 0 aliphatic rings. The third-order valence-corrected chi connectivity index (χ3v) is 6.87. The van der Waals surface area contributed by atoms with Crippen molar-refractivity contribution in [1.82, 2.24) is 15.1 Å². The van der Waals surface area contributed by atoms with E-state index in [0.717, 1.165) is 28.3 Å². The van der Waals surface area contributed by atoms with Crippen molar-refractivity contribution in [1.29, 1.82) is 0 Å². The molecule has 4 rings (SSSR count). The van der Waals surface area contributed by atoms with E-state index in [0.29, 0.717) is 21.5 Å². The maximum Gasteiger partial charge on any atom is 0.260 e. The van der Waals surface area contributed by atoms with E-state index in [2.05, 4.69) is 46.4 Å². The van der Waals surface area contributed by atoms with Crippen molar-refractivity contribution in [3.05, 3.63) is 75.6 Å². The van der Waals surface area contributed by atoms with Crippen molar-refractivity contribution < 1.29 is 9.32 Å². The summed E-state index contributed by atoms with van der Waals surface area (Å²) >= 11 is 2.90. The summed E-state index contributed by atoms with van der Waals surface area (Å²) in [5, 5.41) is 10.1. The number of pyridine rings is 1. The van der Waals surface area contributed by atoms with Gasteiger partial charge in [0.25, 0.3) is 5.91 Å². The second kappa shape index (κ2) is 9.03. The van der Waals surface area contributed by atoms with Crippen molar-refractivity contribution in [2.75, 3.05) is 5.32 Å². The topological polar surface area (TPSA) is 80.9 Å². The monoisotopic (exact) mass is 450 g/mol. The highest BCUT2D eigenvalue weighted by molar-refractivity contribution is 7.98. The molecule has 4 aromatic rings. The molecule has 0 saturated carbocycles. The zero-order chi connectivity index (χ0) is 22.0. The fourth-order valence-electron chi connectivity index (χ4n) is 3.06. The molecule has 6 nitrogen and oxygen atoms in total. The molecule has 3 aromatic heterocycles. The SMILES string of the molecule is Cc1ccc(-c2csc(NC(=O)c3cccnc3SCc3c(C)noc3C)n2)cc1C. The van der Waals surface area contributed by atoms with Gasteiger partial charge in [-0.05, 0) is 57.0 Å². The van der Waals surface area contributed by atoms with E-state index in [9.17, 15) is 4.79 Å². The molecule has 0 bridgehead atoms. The average molecular weight is 451 g/mol. The minimum atomic E-state index is -0.227. The van der Waals surface area contributed by atoms with E-state index in [-0.39, 0.29) is 5.91 Å². The van der Waals surface area contributed by atoms with Crippen molar-refractivity contribution >= 4 is 34.1 Å². The zero-order valence-corrected chi connectivity index (χ0v) is 19.4. The van der Waals surface area contributed by atoms with E-state index in [1.165, 1.54) is 34.2 Å². The largest absolute Gasteiger partial charge is 0.361 e. The van der Waals surface area contributed by atoms with Gasteiger partial charge in [0, 0.05) is 28.5 Å². The first kappa shape index (κ1) is 21.3. The molecule has 0 spiro atoms. The minimum absolute atomic E-state index is 0.227. The van der Waals surface area contributed by atoms with Crippen molar-refractivity contribution in [2.24, 2.45) is 0 Å². The van der Waals surface area contributed by atoms with Gasteiger partial charge >= 0.3 is 0 Å². The van der Waals surface area contributed by atoms with Gasteiger partial charge < -0.3 is 4.52 Å². The van der Waals surface area contributed by atoms with Crippen LogP contribution in [0.15, 0.2) is 51.5 Å². The smallest absolute Gasteiger partial charge is 0.260 e. The predicted octanol–water partition coefficient (Wildman–Crippen LogP) is 5.97. The molecule has 1 amide bonds. The van der Waals surface area contributed by atoms with E-state index >= 15 is 0 Å². The van der Waals surface area contributed by atoms with Crippen LogP contribution < -0.4 is 5.32 Å². The van der Waals surface area contributed by atoms with Gasteiger partial charge in [0.1, 0.15) is 10.8 Å². The van der Waals surface area contributed by atoms with Crippen LogP contribution in [0.3, 0.4) is 0 Å². The summed E-state index contributed by atoms with van der Waals surface area (Å²) in [5.74, 6) is 1.19. The molecule has 0 atom stereocenters. The Hall–Kier alpha value is -2.97. The Kier molecular flexibility index (Phi) is 6.20. The van der Waals surface area contributed by atoms with Crippen LogP contribution in [-0.4, -0.2) is 21.0 Å². The Bertz CT molecular complexity index is 1230. The number of thiazole rings is 1. The second-order valence-electron chi connectivity index (χ2n) is 7.24. The molecule has 0 saturated heterocycles. The van der Waals surface area contributed by atoms with Crippen LogP contribution in [0, 0.1) is 27.7 Å². The van der Waals surface area contributed by atoms with Gasteiger partial charge in [-0.1, -0.05) is 17.3 Å². The molecule has 0 radical (unpaired) electrons. The summed E-state index contributed by atoms with van der Waals surface area (Å²) < 4.78 is 5.22. The fourth-order valence-corrected chi connectivity index (χ4v) is 4.92. The Morgan fingerprint density at radius 3 is 2.74 bits per heavy atom. The summed E-state index contributed by atoms with van der Waals surface area (Å²) in [6.45, 7) is 7.96. The summed E-state index contributed by atoms with van der Waals surface area (Å²) in [6.07, 6.45) is 1.69. The zero-order valence-electron chi connectivity index (χ0n) is 17.7. The fraction of sp³-hybridized carbons (Fsp3) is 0.217. The average Bonchev–Trinajstić information content (AvgIpc) is 3.35. The molecule has 0 unspecified atom stereocenters. The highest BCUT2D eigenvalue weighted by Crippen LogP contribution is 2.29. The van der Waals surface area contributed by atoms with E-state index in [1.807, 2.05) is 25.3 Å². The lowest BCUT2D eigenvalue weighted by Gasteiger charge is -2.07. The Morgan fingerprint density at radius 2 is 2.00 bits per heavy atom. The summed E-state index contributed by atoms with van der Waals surface area (Å²) in [5.41, 5.74) is 6.74. The first-order chi connectivity index (χ1) is 14.9. The number of thioether (sulfide) groups is 1. The van der Waals surface area contributed by atoms with Crippen molar-refractivity contribution in [2.45, 2.75) is 38.5 Å². The molecule has 0 aliphatic heterocycles. The molecule has 8 heteroatoms. The van der Waals surface area contributed by atoms with E-state index < -0.39 is 0 Å². The molecule has 31 heavy (non-hydrogen) atoms. The second-order valence-corrected chi connectivity index (χ2v) is 9.06. The van der Waals surface area contributed by atoms with Gasteiger partial charge in [0.05, 0.1) is 17.0 Å². The van der Waals surface area contributed by atoms with Crippen LogP contribution in [0.4, 0.5) is 5.13 Å². The highest BCUT2D eigenvalue weighted by atomic mass is 32.2. The maximum atomic E-state index is 12.9. The number of amides is 1. The van der Waals surface area contributed by atoms with Crippen LogP contribution >= 0.6 is 23.1 Å². The Morgan fingerprint density at radius 1 is 1.16 bits per heavy atom. The number of anilines is 1. The number of aryl methyl sites for hydroxylation is 4. The van der Waals surface area contributed by atoms with Gasteiger partial charge in [0.15, 0.2) is 5.13 Å². The molecule has 158 valence electrons. The Balaban J connectivity index is 1.49. The number of benzene rings is 1. The molecule has 0 fully saturated rings. The summed E-state index contributed by atoms with van der Waals surface area (Å²) in [4.78, 5) is 21.9. The van der Waals surface area contributed by atoms with E-state index in [1.54, 1.807) is 18.3 Å². The lowest BCUT2D eigenvalue weighted by molar-refractivity contribution is 0.102. The van der Waals surface area contributed by atoms with Crippen molar-refractivity contribution in [3.63, 3.8) is 0 Å². The lowest BCUT2D eigenvalue weighted by atomic mass is 10.1. The van der Waals surface area contributed by atoms with Gasteiger partial charge in [-0.2, -0.15) is 0 Å². The van der Waals surface area contributed by atoms with Crippen LogP contribution in [0.1, 0.15) is 38.5 Å². The number of carbonyl (C=O) groups excluding carboxylic acids is 1. The van der Waals surface area contributed by atoms with Crippen molar-refractivity contribution in [3.8, 4) is 11.3 Å². The third kappa shape index (κ3) is 4.70. The first-order valence-corrected chi connectivity index (χ1v) is 11.6. The molecule has 3 heterocycles. The van der Waals surface area contributed by atoms with Crippen LogP contribution in [0.25, 0.3) is 11.3 Å². The van der Waals surface area contributed by atoms with Gasteiger partial charge in [-0.3, -0.25) is 10.1 Å². The molecular formula is C23H22N4O2S2. The maximum absolute atomic E-state index is 12.9. The molecular weight excluding hydrogens is 428 g/mol. The number of nitrogens with one attached hydrogen (secondary N) is 1. The van der Waals surface area contributed by atoms with Crippen LogP contribution in [0.2, 0.25) is 0 Å². The normalized spacial score (nSPS) is 11.0. The van der Waals surface area contributed by atoms with Crippen LogP contribution in [0.5, 0.6) is 0 Å². The predicted molar refractivity (Wildman–Crippen MR) is 125 cm³/mol. The first-order valence-electron chi connectivity index (χ1n) is 9.76. The lowest BCUT2D eigenvalue weighted by Crippen LogP contribution is -2.13. The number of carbonyl (C=O) groups is 1. The molecule has 1 N–H and O–H groups in total. The quantitative estimate of drug-likeness (QED) is 0.364. The van der Waals surface area contributed by atoms with Gasteiger partial charge in [-0.15, -0.1) is 23.1 Å². The number of hydrogen-bond acceptors (Lipinski definition) is 7. The minimum Gasteiger partial charge on any atom is -0.361 e. The molecule has 0 aliphatic carbocycles. The Labute approximate surface area is 189 Å². The van der Waals surface area contributed by atoms with E-state index in [4.69, 9.17) is 4.52 Å². The van der Waals surface area contributed by atoms with Crippen LogP contribution in [-0.2, 0) is 5.75 Å².